The Balaban J connectivity index is 1.88. The summed E-state index contributed by atoms with van der Waals surface area (Å²) in [6, 6.07) is 15.8. The van der Waals surface area contributed by atoms with Gasteiger partial charge in [-0.1, -0.05) is 36.4 Å². The van der Waals surface area contributed by atoms with E-state index >= 15 is 0 Å². The fourth-order valence-corrected chi connectivity index (χ4v) is 3.97. The predicted molar refractivity (Wildman–Crippen MR) is 102 cm³/mol. The monoisotopic (exact) mass is 386 g/mol. The standard InChI is InChI=1S/C20H22N2O4S/c1-14(2)27(24,25)22-19-12-26-13-20(19,23)18-8-6-16(7-9-18)17-5-3-4-15(10-17)11-21/h3-10,14,19,22-23H,12-13H2,1-2H3. The molecule has 6 nitrogen and oxygen atoms in total. The molecule has 0 bridgehead atoms. The van der Waals surface area contributed by atoms with Crippen molar-refractivity contribution in [3.63, 3.8) is 0 Å². The minimum Gasteiger partial charge on any atom is -0.381 e. The molecule has 1 aliphatic rings. The van der Waals surface area contributed by atoms with E-state index in [-0.39, 0.29) is 13.2 Å². The van der Waals surface area contributed by atoms with Crippen LogP contribution in [0, 0.1) is 11.3 Å². The van der Waals surface area contributed by atoms with Crippen LogP contribution in [0.15, 0.2) is 48.5 Å². The van der Waals surface area contributed by atoms with Gasteiger partial charge < -0.3 is 9.84 Å². The van der Waals surface area contributed by atoms with Gasteiger partial charge in [-0.05, 0) is 42.7 Å². The zero-order valence-corrected chi connectivity index (χ0v) is 16.0. The van der Waals surface area contributed by atoms with Crippen molar-refractivity contribution in [3.8, 4) is 17.2 Å². The molecule has 142 valence electrons. The number of benzene rings is 2. The Morgan fingerprint density at radius 1 is 1.22 bits per heavy atom. The Labute approximate surface area is 159 Å². The topological polar surface area (TPSA) is 99.4 Å². The molecule has 1 fully saturated rings. The molecule has 1 saturated heterocycles. The van der Waals surface area contributed by atoms with Crippen molar-refractivity contribution < 1.29 is 18.3 Å². The molecule has 0 spiro atoms. The molecule has 2 aromatic rings. The molecule has 2 atom stereocenters. The first kappa shape index (κ1) is 19.5. The summed E-state index contributed by atoms with van der Waals surface area (Å²) in [7, 11) is -3.54. The molecule has 3 rings (SSSR count). The molecule has 7 heteroatoms. The van der Waals surface area contributed by atoms with Gasteiger partial charge in [0.25, 0.3) is 0 Å². The van der Waals surface area contributed by atoms with Crippen molar-refractivity contribution in [3.05, 3.63) is 59.7 Å². The first-order chi connectivity index (χ1) is 12.8. The molecule has 0 radical (unpaired) electrons. The number of nitriles is 1. The Bertz CT molecular complexity index is 964. The first-order valence-electron chi connectivity index (χ1n) is 8.68. The second-order valence-electron chi connectivity index (χ2n) is 6.97. The molecule has 0 aromatic heterocycles. The van der Waals surface area contributed by atoms with E-state index in [9.17, 15) is 13.5 Å². The molecular formula is C20H22N2O4S. The van der Waals surface area contributed by atoms with Gasteiger partial charge in [-0.2, -0.15) is 5.26 Å². The number of aliphatic hydroxyl groups is 1. The summed E-state index contributed by atoms with van der Waals surface area (Å²) >= 11 is 0. The molecule has 0 aliphatic carbocycles. The van der Waals surface area contributed by atoms with Crippen LogP contribution in [0.1, 0.15) is 25.0 Å². The Morgan fingerprint density at radius 3 is 2.56 bits per heavy atom. The molecule has 0 amide bonds. The Kier molecular flexibility index (Phi) is 5.36. The zero-order valence-electron chi connectivity index (χ0n) is 15.2. The molecular weight excluding hydrogens is 364 g/mol. The highest BCUT2D eigenvalue weighted by atomic mass is 32.2. The quantitative estimate of drug-likeness (QED) is 0.820. The Hall–Kier alpha value is -2.24. The number of sulfonamides is 1. The van der Waals surface area contributed by atoms with E-state index < -0.39 is 26.9 Å². The van der Waals surface area contributed by atoms with Gasteiger partial charge in [0.15, 0.2) is 0 Å². The van der Waals surface area contributed by atoms with E-state index in [0.29, 0.717) is 11.1 Å². The SMILES string of the molecule is CC(C)S(=O)(=O)NC1COCC1(O)c1ccc(-c2cccc(C#N)c2)cc1. The number of nitrogens with one attached hydrogen (secondary N) is 1. The van der Waals surface area contributed by atoms with E-state index in [0.717, 1.165) is 11.1 Å². The van der Waals surface area contributed by atoms with E-state index in [4.69, 9.17) is 10.00 Å². The Morgan fingerprint density at radius 2 is 1.93 bits per heavy atom. The van der Waals surface area contributed by atoms with Crippen molar-refractivity contribution in [1.29, 1.82) is 5.26 Å². The third kappa shape index (κ3) is 3.89. The predicted octanol–water partition coefficient (Wildman–Crippen LogP) is 2.14. The summed E-state index contributed by atoms with van der Waals surface area (Å²) < 4.78 is 32.4. The average molecular weight is 386 g/mol. The summed E-state index contributed by atoms with van der Waals surface area (Å²) in [5.74, 6) is 0. The van der Waals surface area contributed by atoms with Crippen LogP contribution in [0.5, 0.6) is 0 Å². The van der Waals surface area contributed by atoms with E-state index in [1.54, 1.807) is 38.1 Å². The molecule has 1 heterocycles. The molecule has 2 N–H and O–H groups in total. The lowest BCUT2D eigenvalue weighted by Gasteiger charge is -2.29. The fraction of sp³-hybridized carbons (Fsp3) is 0.350. The normalized spacial score (nSPS) is 22.7. The summed E-state index contributed by atoms with van der Waals surface area (Å²) in [5, 5.41) is 19.6. The van der Waals surface area contributed by atoms with Gasteiger partial charge in [-0.15, -0.1) is 0 Å². The van der Waals surface area contributed by atoms with Gasteiger partial charge in [-0.3, -0.25) is 0 Å². The van der Waals surface area contributed by atoms with E-state index in [2.05, 4.69) is 10.8 Å². The number of rotatable bonds is 5. The van der Waals surface area contributed by atoms with Gasteiger partial charge in [0, 0.05) is 0 Å². The molecule has 1 aliphatic heterocycles. The minimum absolute atomic E-state index is 0.0154. The third-order valence-electron chi connectivity index (χ3n) is 4.82. The third-order valence-corrected chi connectivity index (χ3v) is 6.67. The zero-order chi connectivity index (χ0) is 19.7. The van der Waals surface area contributed by atoms with Crippen LogP contribution in [0.25, 0.3) is 11.1 Å². The van der Waals surface area contributed by atoms with Gasteiger partial charge in [0.1, 0.15) is 5.60 Å². The lowest BCUT2D eigenvalue weighted by Crippen LogP contribution is -2.51. The fourth-order valence-electron chi connectivity index (χ4n) is 3.04. The average Bonchev–Trinajstić information content (AvgIpc) is 3.03. The molecule has 2 aromatic carbocycles. The molecule has 27 heavy (non-hydrogen) atoms. The summed E-state index contributed by atoms with van der Waals surface area (Å²) in [6.07, 6.45) is 0. The van der Waals surface area contributed by atoms with Crippen LogP contribution in [-0.4, -0.2) is 38.0 Å². The number of hydrogen-bond donors (Lipinski definition) is 2. The smallest absolute Gasteiger partial charge is 0.214 e. The first-order valence-corrected chi connectivity index (χ1v) is 10.2. The van der Waals surface area contributed by atoms with Crippen molar-refractivity contribution in [1.82, 2.24) is 4.72 Å². The minimum atomic E-state index is -3.54. The number of ether oxygens (including phenoxy) is 1. The van der Waals surface area contributed by atoms with Crippen molar-refractivity contribution in [2.24, 2.45) is 0 Å². The maximum atomic E-state index is 12.2. The largest absolute Gasteiger partial charge is 0.381 e. The maximum absolute atomic E-state index is 12.2. The highest BCUT2D eigenvalue weighted by Crippen LogP contribution is 2.33. The van der Waals surface area contributed by atoms with Crippen molar-refractivity contribution >= 4 is 10.0 Å². The maximum Gasteiger partial charge on any atom is 0.214 e. The second-order valence-corrected chi connectivity index (χ2v) is 9.24. The second kappa shape index (κ2) is 7.41. The summed E-state index contributed by atoms with van der Waals surface area (Å²) in [6.45, 7) is 3.29. The van der Waals surface area contributed by atoms with E-state index in [1.165, 1.54) is 0 Å². The van der Waals surface area contributed by atoms with Crippen molar-refractivity contribution in [2.45, 2.75) is 30.7 Å². The van der Waals surface area contributed by atoms with Crippen LogP contribution in [0.2, 0.25) is 0 Å². The summed E-state index contributed by atoms with van der Waals surface area (Å²) in [4.78, 5) is 0. The lowest BCUT2D eigenvalue weighted by molar-refractivity contribution is 0.0121. The number of nitrogens with zero attached hydrogens (tertiary/aromatic N) is 1. The summed E-state index contributed by atoms with van der Waals surface area (Å²) in [5.41, 5.74) is 1.51. The van der Waals surface area contributed by atoms with Gasteiger partial charge in [0.2, 0.25) is 10.0 Å². The van der Waals surface area contributed by atoms with Crippen LogP contribution in [0.4, 0.5) is 0 Å². The van der Waals surface area contributed by atoms with Gasteiger partial charge >= 0.3 is 0 Å². The van der Waals surface area contributed by atoms with E-state index in [1.807, 2.05) is 24.3 Å². The lowest BCUT2D eigenvalue weighted by atomic mass is 9.88. The van der Waals surface area contributed by atoms with Crippen LogP contribution >= 0.6 is 0 Å². The molecule has 2 unspecified atom stereocenters. The van der Waals surface area contributed by atoms with Crippen molar-refractivity contribution in [2.75, 3.05) is 13.2 Å². The highest BCUT2D eigenvalue weighted by molar-refractivity contribution is 7.90. The number of hydrogen-bond acceptors (Lipinski definition) is 5. The highest BCUT2D eigenvalue weighted by Gasteiger charge is 2.46. The molecule has 0 saturated carbocycles. The van der Waals surface area contributed by atoms with Crippen LogP contribution < -0.4 is 4.72 Å². The van der Waals surface area contributed by atoms with Crippen LogP contribution in [0.3, 0.4) is 0 Å². The van der Waals surface area contributed by atoms with Crippen LogP contribution in [-0.2, 0) is 20.4 Å². The van der Waals surface area contributed by atoms with Gasteiger partial charge in [-0.25, -0.2) is 13.1 Å². The van der Waals surface area contributed by atoms with Gasteiger partial charge in [0.05, 0.1) is 36.1 Å².